The first-order valence-electron chi connectivity index (χ1n) is 10.1. The predicted molar refractivity (Wildman–Crippen MR) is 128 cm³/mol. The van der Waals surface area contributed by atoms with E-state index < -0.39 is 7.92 Å². The van der Waals surface area contributed by atoms with Crippen LogP contribution in [0, 0.1) is 13.8 Å². The van der Waals surface area contributed by atoms with E-state index in [-0.39, 0.29) is 5.41 Å². The molecule has 0 aliphatic heterocycles. The molecule has 0 aliphatic rings. The highest BCUT2D eigenvalue weighted by molar-refractivity contribution is 7.80. The zero-order valence-corrected chi connectivity index (χ0v) is 19.8. The van der Waals surface area contributed by atoms with E-state index in [1.54, 1.807) is 14.2 Å². The van der Waals surface area contributed by atoms with Crippen LogP contribution in [-0.4, -0.2) is 19.3 Å². The second-order valence-corrected chi connectivity index (χ2v) is 10.6. The lowest BCUT2D eigenvalue weighted by Gasteiger charge is -2.29. The average molecular weight is 423 g/mol. The maximum Gasteiger partial charge on any atom is 0.127 e. The van der Waals surface area contributed by atoms with Crippen molar-refractivity contribution in [1.82, 2.24) is 0 Å². The first kappa shape index (κ1) is 22.2. The fraction of sp³-hybridized carbons (Fsp3) is 0.308. The topological polar surface area (TPSA) is 38.7 Å². The summed E-state index contributed by atoms with van der Waals surface area (Å²) in [4.78, 5) is 0. The van der Waals surface area contributed by atoms with E-state index in [9.17, 15) is 5.11 Å². The molecule has 0 amide bonds. The first-order chi connectivity index (χ1) is 14.2. The van der Waals surface area contributed by atoms with Crippen LogP contribution in [0.5, 0.6) is 17.2 Å². The van der Waals surface area contributed by atoms with Crippen molar-refractivity contribution in [3.05, 3.63) is 71.3 Å². The van der Waals surface area contributed by atoms with Crippen molar-refractivity contribution in [3.63, 3.8) is 0 Å². The summed E-state index contributed by atoms with van der Waals surface area (Å²) in [5.41, 5.74) is 3.03. The zero-order valence-electron chi connectivity index (χ0n) is 18.9. The summed E-state index contributed by atoms with van der Waals surface area (Å²) in [6, 6.07) is 18.3. The van der Waals surface area contributed by atoms with Crippen molar-refractivity contribution >= 4 is 23.8 Å². The van der Waals surface area contributed by atoms with E-state index in [0.717, 1.165) is 44.1 Å². The Morgan fingerprint density at radius 1 is 0.733 bits per heavy atom. The molecular weight excluding hydrogens is 391 g/mol. The first-order valence-corrected chi connectivity index (χ1v) is 11.4. The lowest BCUT2D eigenvalue weighted by atomic mass is 9.86. The van der Waals surface area contributed by atoms with Gasteiger partial charge in [0.25, 0.3) is 0 Å². The maximum atomic E-state index is 11.5. The molecule has 3 nitrogen and oxygen atoms in total. The molecule has 4 heteroatoms. The van der Waals surface area contributed by atoms with E-state index in [2.05, 4.69) is 46.8 Å². The van der Waals surface area contributed by atoms with Crippen molar-refractivity contribution in [2.45, 2.75) is 40.0 Å². The van der Waals surface area contributed by atoms with Crippen LogP contribution in [-0.2, 0) is 5.41 Å². The molecular formula is C26H31O3P. The molecule has 1 N–H and O–H groups in total. The normalized spacial score (nSPS) is 11.6. The Labute approximate surface area is 181 Å². The molecule has 3 aromatic rings. The van der Waals surface area contributed by atoms with Gasteiger partial charge >= 0.3 is 0 Å². The predicted octanol–water partition coefficient (Wildman–Crippen LogP) is 5.08. The quantitative estimate of drug-likeness (QED) is 0.583. The van der Waals surface area contributed by atoms with Crippen molar-refractivity contribution in [2.24, 2.45) is 0 Å². The largest absolute Gasteiger partial charge is 0.507 e. The van der Waals surface area contributed by atoms with Crippen LogP contribution in [0.25, 0.3) is 0 Å². The van der Waals surface area contributed by atoms with Crippen LogP contribution < -0.4 is 25.4 Å². The van der Waals surface area contributed by atoms with Gasteiger partial charge in [-0.05, 0) is 56.0 Å². The van der Waals surface area contributed by atoms with Crippen LogP contribution in [0.4, 0.5) is 0 Å². The molecule has 0 heterocycles. The summed E-state index contributed by atoms with van der Waals surface area (Å²) in [6.07, 6.45) is 0. The molecule has 158 valence electrons. The molecule has 0 spiro atoms. The monoisotopic (exact) mass is 422 g/mol. The van der Waals surface area contributed by atoms with Gasteiger partial charge in [0.2, 0.25) is 0 Å². The Morgan fingerprint density at radius 3 is 1.63 bits per heavy atom. The van der Waals surface area contributed by atoms with Gasteiger partial charge in [0.05, 0.1) is 14.2 Å². The van der Waals surface area contributed by atoms with Crippen LogP contribution in [0.3, 0.4) is 0 Å². The van der Waals surface area contributed by atoms with E-state index in [0.29, 0.717) is 5.75 Å². The number of benzene rings is 3. The SMILES string of the molecule is COc1cccc(C)c1P(c1cccc(C(C)(C)C)c1O)c1c(C)cccc1OC. The molecule has 3 aromatic carbocycles. The number of para-hydroxylation sites is 1. The number of aromatic hydroxyl groups is 1. The summed E-state index contributed by atoms with van der Waals surface area (Å²) in [5.74, 6) is 2.01. The molecule has 0 unspecified atom stereocenters. The number of hydrogen-bond acceptors (Lipinski definition) is 3. The number of methoxy groups -OCH3 is 2. The number of aryl methyl sites for hydroxylation is 2. The van der Waals surface area contributed by atoms with Gasteiger partial charge < -0.3 is 14.6 Å². The van der Waals surface area contributed by atoms with Gasteiger partial charge in [-0.25, -0.2) is 0 Å². The van der Waals surface area contributed by atoms with Gasteiger partial charge in [-0.1, -0.05) is 63.2 Å². The number of phenols is 1. The van der Waals surface area contributed by atoms with Crippen molar-refractivity contribution < 1.29 is 14.6 Å². The average Bonchev–Trinajstić information content (AvgIpc) is 2.70. The number of hydrogen-bond donors (Lipinski definition) is 1. The number of ether oxygens (including phenoxy) is 2. The van der Waals surface area contributed by atoms with Crippen LogP contribution in [0.15, 0.2) is 54.6 Å². The lowest BCUT2D eigenvalue weighted by molar-refractivity contribution is 0.417. The minimum absolute atomic E-state index is 0.174. The third-order valence-electron chi connectivity index (χ3n) is 5.35. The van der Waals surface area contributed by atoms with Gasteiger partial charge in [0.1, 0.15) is 17.2 Å². The van der Waals surface area contributed by atoms with Gasteiger partial charge in [0.15, 0.2) is 0 Å². The highest BCUT2D eigenvalue weighted by Gasteiger charge is 2.31. The molecule has 0 bridgehead atoms. The van der Waals surface area contributed by atoms with Crippen molar-refractivity contribution in [3.8, 4) is 17.2 Å². The summed E-state index contributed by atoms with van der Waals surface area (Å²) in [7, 11) is 2.28. The van der Waals surface area contributed by atoms with E-state index in [4.69, 9.17) is 9.47 Å². The molecule has 0 radical (unpaired) electrons. The number of phenolic OH excluding ortho intramolecular Hbond substituents is 1. The Balaban J connectivity index is 2.44. The molecule has 0 aromatic heterocycles. The molecule has 3 rings (SSSR count). The minimum Gasteiger partial charge on any atom is -0.507 e. The lowest BCUT2D eigenvalue weighted by Crippen LogP contribution is -2.27. The Hall–Kier alpha value is -2.51. The standard InChI is InChI=1S/C26H31O3P/c1-17-11-8-14-20(28-6)24(17)30(25-18(2)12-9-15-21(25)29-7)22-16-10-13-19(23(22)27)26(3,4)5/h8-16,27H,1-7H3. The highest BCUT2D eigenvalue weighted by atomic mass is 31.1. The smallest absolute Gasteiger partial charge is 0.127 e. The highest BCUT2D eigenvalue weighted by Crippen LogP contribution is 2.45. The second-order valence-electron chi connectivity index (χ2n) is 8.51. The van der Waals surface area contributed by atoms with Crippen molar-refractivity contribution in [2.75, 3.05) is 14.2 Å². The Kier molecular flexibility index (Phi) is 6.43. The summed E-state index contributed by atoms with van der Waals surface area (Å²) >= 11 is 0. The van der Waals surface area contributed by atoms with Crippen LogP contribution in [0.2, 0.25) is 0 Å². The summed E-state index contributed by atoms with van der Waals surface area (Å²) in [5, 5.41) is 14.6. The molecule has 30 heavy (non-hydrogen) atoms. The third-order valence-corrected chi connectivity index (χ3v) is 8.24. The zero-order chi connectivity index (χ0) is 22.1. The molecule has 0 aliphatic carbocycles. The van der Waals surface area contributed by atoms with E-state index in [1.165, 1.54) is 0 Å². The molecule has 0 saturated heterocycles. The van der Waals surface area contributed by atoms with Gasteiger partial charge in [-0.15, -0.1) is 0 Å². The van der Waals surface area contributed by atoms with Gasteiger partial charge in [-0.3, -0.25) is 0 Å². The molecule has 0 atom stereocenters. The molecule has 0 saturated carbocycles. The minimum atomic E-state index is -1.13. The second kappa shape index (κ2) is 8.70. The Morgan fingerprint density at radius 2 is 1.20 bits per heavy atom. The summed E-state index contributed by atoms with van der Waals surface area (Å²) < 4.78 is 11.6. The third kappa shape index (κ3) is 4.04. The Bertz CT molecular complexity index is 997. The van der Waals surface area contributed by atoms with Crippen molar-refractivity contribution in [1.29, 1.82) is 0 Å². The fourth-order valence-electron chi connectivity index (χ4n) is 3.84. The maximum absolute atomic E-state index is 11.5. The molecule has 0 fully saturated rings. The van der Waals surface area contributed by atoms with Gasteiger partial charge in [0, 0.05) is 15.9 Å². The van der Waals surface area contributed by atoms with E-state index in [1.807, 2.05) is 42.5 Å². The summed E-state index contributed by atoms with van der Waals surface area (Å²) in [6.45, 7) is 10.6. The number of rotatable bonds is 5. The van der Waals surface area contributed by atoms with Crippen LogP contribution in [0.1, 0.15) is 37.5 Å². The van der Waals surface area contributed by atoms with Gasteiger partial charge in [-0.2, -0.15) is 0 Å². The fourth-order valence-corrected chi connectivity index (χ4v) is 6.74. The van der Waals surface area contributed by atoms with E-state index >= 15 is 0 Å². The van der Waals surface area contributed by atoms with Crippen LogP contribution >= 0.6 is 7.92 Å².